The minimum atomic E-state index is -1.29. The molecular weight excluding hydrogens is 228 g/mol. The van der Waals surface area contributed by atoms with Gasteiger partial charge in [-0.3, -0.25) is 20.2 Å². The molecule has 1 saturated heterocycles. The van der Waals surface area contributed by atoms with E-state index in [1.807, 2.05) is 0 Å². The summed E-state index contributed by atoms with van der Waals surface area (Å²) >= 11 is 0. The molecule has 0 bridgehead atoms. The smallest absolute Gasteiger partial charge is 0.328 e. The number of nitrogens with one attached hydrogen (secondary N) is 2. The van der Waals surface area contributed by atoms with Crippen LogP contribution in [0.4, 0.5) is 4.79 Å². The fraction of sp³-hybridized carbons (Fsp3) is 0.700. The molecule has 1 fully saturated rings. The van der Waals surface area contributed by atoms with E-state index >= 15 is 0 Å². The lowest BCUT2D eigenvalue weighted by Gasteiger charge is -2.33. The van der Waals surface area contributed by atoms with Crippen LogP contribution in [0.25, 0.3) is 0 Å². The molecule has 0 spiro atoms. The van der Waals surface area contributed by atoms with Gasteiger partial charge in [0, 0.05) is 27.4 Å². The molecule has 0 saturated carbocycles. The lowest BCUT2D eigenvalue weighted by atomic mass is 9.78. The first-order chi connectivity index (χ1) is 8.06. The van der Waals surface area contributed by atoms with Crippen molar-refractivity contribution in [3.63, 3.8) is 0 Å². The number of hydrogen-bond donors (Lipinski definition) is 2. The molecule has 0 radical (unpaired) electrons. The summed E-state index contributed by atoms with van der Waals surface area (Å²) in [5, 5.41) is 4.19. The molecule has 4 amide bonds. The summed E-state index contributed by atoms with van der Waals surface area (Å²) in [5.74, 6) is -1.19. The number of methoxy groups -OCH3 is 2. The minimum absolute atomic E-state index is 0.206. The molecule has 2 N–H and O–H groups in total. The van der Waals surface area contributed by atoms with Crippen molar-refractivity contribution in [2.45, 2.75) is 12.8 Å². The summed E-state index contributed by atoms with van der Waals surface area (Å²) < 4.78 is 9.77. The van der Waals surface area contributed by atoms with E-state index < -0.39 is 23.3 Å². The van der Waals surface area contributed by atoms with E-state index in [-0.39, 0.29) is 26.1 Å². The zero-order chi connectivity index (χ0) is 12.9. The second-order valence-corrected chi connectivity index (χ2v) is 3.81. The van der Waals surface area contributed by atoms with Gasteiger partial charge in [0.1, 0.15) is 5.41 Å². The molecule has 0 aromatic rings. The molecule has 0 aromatic carbocycles. The number of urea groups is 1. The number of hydrogen-bond acceptors (Lipinski definition) is 5. The summed E-state index contributed by atoms with van der Waals surface area (Å²) in [6.45, 7) is 0.498. The largest absolute Gasteiger partial charge is 0.385 e. The highest BCUT2D eigenvalue weighted by atomic mass is 16.5. The van der Waals surface area contributed by atoms with Crippen LogP contribution < -0.4 is 10.6 Å². The zero-order valence-electron chi connectivity index (χ0n) is 9.87. The summed E-state index contributed by atoms with van der Waals surface area (Å²) in [6.07, 6.45) is 0.412. The predicted octanol–water partition coefficient (Wildman–Crippen LogP) is -0.588. The Morgan fingerprint density at radius 2 is 1.35 bits per heavy atom. The van der Waals surface area contributed by atoms with Gasteiger partial charge in [0.2, 0.25) is 11.8 Å². The molecule has 1 aliphatic heterocycles. The van der Waals surface area contributed by atoms with E-state index in [1.165, 1.54) is 14.2 Å². The SMILES string of the molecule is COCCC1(CCOC)C(=O)NC(=O)NC1=O. The fourth-order valence-electron chi connectivity index (χ4n) is 1.71. The van der Waals surface area contributed by atoms with Crippen LogP contribution in [0.5, 0.6) is 0 Å². The van der Waals surface area contributed by atoms with Gasteiger partial charge in [-0.05, 0) is 12.8 Å². The molecule has 17 heavy (non-hydrogen) atoms. The fourth-order valence-corrected chi connectivity index (χ4v) is 1.71. The topological polar surface area (TPSA) is 93.7 Å². The maximum absolute atomic E-state index is 11.8. The van der Waals surface area contributed by atoms with Crippen molar-refractivity contribution in [1.82, 2.24) is 10.6 Å². The first kappa shape index (κ1) is 13.6. The van der Waals surface area contributed by atoms with Crippen LogP contribution >= 0.6 is 0 Å². The first-order valence-electron chi connectivity index (χ1n) is 5.21. The molecule has 0 unspecified atom stereocenters. The highest BCUT2D eigenvalue weighted by molar-refractivity contribution is 6.19. The van der Waals surface area contributed by atoms with E-state index in [4.69, 9.17) is 9.47 Å². The van der Waals surface area contributed by atoms with Crippen LogP contribution in [0.1, 0.15) is 12.8 Å². The minimum Gasteiger partial charge on any atom is -0.385 e. The number of rotatable bonds is 6. The zero-order valence-corrected chi connectivity index (χ0v) is 9.87. The van der Waals surface area contributed by atoms with Crippen molar-refractivity contribution >= 4 is 17.8 Å². The van der Waals surface area contributed by atoms with Crippen LogP contribution in [-0.4, -0.2) is 45.3 Å². The summed E-state index contributed by atoms with van der Waals surface area (Å²) in [4.78, 5) is 34.7. The molecule has 96 valence electrons. The third kappa shape index (κ3) is 2.80. The van der Waals surface area contributed by atoms with Gasteiger partial charge in [-0.1, -0.05) is 0 Å². The van der Waals surface area contributed by atoms with Crippen LogP contribution in [0.15, 0.2) is 0 Å². The Labute approximate surface area is 98.8 Å². The summed E-state index contributed by atoms with van der Waals surface area (Å²) in [7, 11) is 2.96. The van der Waals surface area contributed by atoms with Crippen molar-refractivity contribution in [2.24, 2.45) is 5.41 Å². The predicted molar refractivity (Wildman–Crippen MR) is 57.1 cm³/mol. The summed E-state index contributed by atoms with van der Waals surface area (Å²) in [6, 6.07) is -0.787. The maximum Gasteiger partial charge on any atom is 0.328 e. The number of carbonyl (C=O) groups excluding carboxylic acids is 3. The monoisotopic (exact) mass is 244 g/mol. The average molecular weight is 244 g/mol. The highest BCUT2D eigenvalue weighted by Gasteiger charge is 2.49. The Morgan fingerprint density at radius 1 is 0.941 bits per heavy atom. The molecule has 7 nitrogen and oxygen atoms in total. The third-order valence-corrected chi connectivity index (χ3v) is 2.79. The van der Waals surface area contributed by atoms with Gasteiger partial charge >= 0.3 is 6.03 Å². The van der Waals surface area contributed by atoms with Gasteiger partial charge in [0.15, 0.2) is 0 Å². The normalized spacial score (nSPS) is 18.8. The molecule has 1 heterocycles. The van der Waals surface area contributed by atoms with E-state index in [1.54, 1.807) is 0 Å². The molecule has 0 aliphatic carbocycles. The Kier molecular flexibility index (Phi) is 4.59. The van der Waals surface area contributed by atoms with E-state index in [0.717, 1.165) is 0 Å². The van der Waals surface area contributed by atoms with Crippen LogP contribution in [0.2, 0.25) is 0 Å². The maximum atomic E-state index is 11.8. The van der Waals surface area contributed by atoms with E-state index in [0.29, 0.717) is 0 Å². The van der Waals surface area contributed by atoms with Gasteiger partial charge in [0.05, 0.1) is 0 Å². The Bertz CT molecular complexity index is 299. The third-order valence-electron chi connectivity index (χ3n) is 2.79. The van der Waals surface area contributed by atoms with Crippen molar-refractivity contribution in [2.75, 3.05) is 27.4 Å². The molecule has 0 atom stereocenters. The van der Waals surface area contributed by atoms with E-state index in [2.05, 4.69) is 10.6 Å². The van der Waals surface area contributed by atoms with Gasteiger partial charge in [0.25, 0.3) is 0 Å². The molecular formula is C10H16N2O5. The standard InChI is InChI=1S/C10H16N2O5/c1-16-5-3-10(4-6-17-2)7(13)11-9(15)12-8(10)14/h3-6H2,1-2H3,(H2,11,12,13,14,15). The molecule has 1 rings (SSSR count). The average Bonchev–Trinajstić information content (AvgIpc) is 2.27. The van der Waals surface area contributed by atoms with Gasteiger partial charge in [-0.15, -0.1) is 0 Å². The van der Waals surface area contributed by atoms with Gasteiger partial charge in [-0.25, -0.2) is 4.79 Å². The lowest BCUT2D eigenvalue weighted by molar-refractivity contribution is -0.147. The second kappa shape index (κ2) is 5.74. The van der Waals surface area contributed by atoms with Gasteiger partial charge in [-0.2, -0.15) is 0 Å². The van der Waals surface area contributed by atoms with Crippen molar-refractivity contribution in [3.05, 3.63) is 0 Å². The highest BCUT2D eigenvalue weighted by Crippen LogP contribution is 2.29. The number of ether oxygens (including phenoxy) is 2. The molecule has 7 heteroatoms. The van der Waals surface area contributed by atoms with Crippen molar-refractivity contribution in [3.8, 4) is 0 Å². The molecule has 0 aromatic heterocycles. The van der Waals surface area contributed by atoms with Crippen LogP contribution in [0, 0.1) is 5.41 Å². The number of carbonyl (C=O) groups is 3. The van der Waals surface area contributed by atoms with Crippen molar-refractivity contribution < 1.29 is 23.9 Å². The van der Waals surface area contributed by atoms with Crippen LogP contribution in [-0.2, 0) is 19.1 Å². The van der Waals surface area contributed by atoms with Crippen LogP contribution in [0.3, 0.4) is 0 Å². The second-order valence-electron chi connectivity index (χ2n) is 3.81. The Morgan fingerprint density at radius 3 is 1.71 bits per heavy atom. The Hall–Kier alpha value is -1.47. The number of imide groups is 2. The summed E-state index contributed by atoms with van der Waals surface area (Å²) in [5.41, 5.74) is -1.29. The number of amides is 4. The van der Waals surface area contributed by atoms with Gasteiger partial charge < -0.3 is 9.47 Å². The lowest BCUT2D eigenvalue weighted by Crippen LogP contribution is -2.63. The number of barbiturate groups is 1. The first-order valence-corrected chi connectivity index (χ1v) is 5.21. The Balaban J connectivity index is 2.89. The quantitative estimate of drug-likeness (QED) is 0.609. The van der Waals surface area contributed by atoms with Crippen molar-refractivity contribution in [1.29, 1.82) is 0 Å². The van der Waals surface area contributed by atoms with E-state index in [9.17, 15) is 14.4 Å². The molecule has 1 aliphatic rings.